The second kappa shape index (κ2) is 18.6. The first kappa shape index (κ1) is 36.9. The molecule has 0 aromatic heterocycles. The van der Waals surface area contributed by atoms with Crippen molar-refractivity contribution in [2.75, 3.05) is 46.3 Å². The summed E-state index contributed by atoms with van der Waals surface area (Å²) < 4.78 is 31.7. The molecular weight excluding hydrogens is 605 g/mol. The summed E-state index contributed by atoms with van der Waals surface area (Å²) in [5, 5.41) is 10.8. The van der Waals surface area contributed by atoms with Crippen molar-refractivity contribution < 1.29 is 27.9 Å². The first-order valence-corrected chi connectivity index (χ1v) is 17.5. The van der Waals surface area contributed by atoms with Crippen molar-refractivity contribution in [1.29, 1.82) is 0 Å². The maximum Gasteiger partial charge on any atom is 0.490 e. The van der Waals surface area contributed by atoms with Gasteiger partial charge < -0.3 is 25.1 Å². The molecule has 3 aliphatic rings. The lowest BCUT2D eigenvalue weighted by atomic mass is 10.0. The van der Waals surface area contributed by atoms with Crippen LogP contribution in [0.25, 0.3) is 11.1 Å². The summed E-state index contributed by atoms with van der Waals surface area (Å²) in [7, 11) is 2.21. The number of likely N-dealkylation sites (N-methyl/N-ethyl adjacent to an activating group) is 1. The molecule has 7 nitrogen and oxygen atoms in total. The molecule has 2 aliphatic carbocycles. The van der Waals surface area contributed by atoms with E-state index >= 15 is 0 Å². The zero-order chi connectivity index (χ0) is 33.6. The molecule has 47 heavy (non-hydrogen) atoms. The number of hydrogen-bond donors (Lipinski definition) is 2. The fourth-order valence-electron chi connectivity index (χ4n) is 6.91. The highest BCUT2D eigenvalue weighted by molar-refractivity contribution is 5.76. The van der Waals surface area contributed by atoms with Gasteiger partial charge in [0.05, 0.1) is 0 Å². The molecule has 1 saturated heterocycles. The number of rotatable bonds is 13. The summed E-state index contributed by atoms with van der Waals surface area (Å²) in [5.41, 5.74) is 5.08. The lowest BCUT2D eigenvalue weighted by Crippen LogP contribution is -2.45. The molecule has 1 amide bonds. The third-order valence-electron chi connectivity index (χ3n) is 9.87. The van der Waals surface area contributed by atoms with Crippen LogP contribution in [0.1, 0.15) is 81.8 Å². The Morgan fingerprint density at radius 1 is 0.894 bits per heavy atom. The number of amides is 1. The average Bonchev–Trinajstić information content (AvgIpc) is 3.78. The topological polar surface area (TPSA) is 76.1 Å². The molecule has 2 saturated carbocycles. The fourth-order valence-corrected chi connectivity index (χ4v) is 6.91. The molecule has 0 unspecified atom stereocenters. The Balaban J connectivity index is 0.000000644. The number of carboxylic acid groups (broad SMARTS) is 1. The minimum absolute atomic E-state index is 0.342. The number of nitrogens with zero attached hydrogens (tertiary/aromatic N) is 3. The Bertz CT molecular complexity index is 1240. The van der Waals surface area contributed by atoms with Crippen LogP contribution in [-0.4, -0.2) is 90.2 Å². The van der Waals surface area contributed by atoms with Gasteiger partial charge in [-0.15, -0.1) is 0 Å². The Hall–Kier alpha value is -2.95. The first-order valence-electron chi connectivity index (χ1n) is 17.5. The van der Waals surface area contributed by atoms with Gasteiger partial charge in [-0.1, -0.05) is 81.0 Å². The van der Waals surface area contributed by atoms with Crippen molar-refractivity contribution in [3.8, 4) is 11.1 Å². The highest BCUT2D eigenvalue weighted by Crippen LogP contribution is 2.29. The van der Waals surface area contributed by atoms with Gasteiger partial charge in [0.1, 0.15) is 0 Å². The van der Waals surface area contributed by atoms with Crippen LogP contribution in [0.15, 0.2) is 48.5 Å². The van der Waals surface area contributed by atoms with E-state index in [2.05, 4.69) is 75.6 Å². The molecule has 0 bridgehead atoms. The number of alkyl halides is 3. The molecule has 10 heteroatoms. The molecule has 2 aromatic carbocycles. The predicted octanol–water partition coefficient (Wildman–Crippen LogP) is 6.96. The Labute approximate surface area is 278 Å². The molecular formula is C37H53F3N4O3. The highest BCUT2D eigenvalue weighted by Gasteiger charge is 2.38. The summed E-state index contributed by atoms with van der Waals surface area (Å²) in [6.45, 7) is 8.18. The second-order valence-electron chi connectivity index (χ2n) is 13.6. The van der Waals surface area contributed by atoms with Crippen molar-refractivity contribution in [2.45, 2.75) is 95.9 Å². The minimum Gasteiger partial charge on any atom is -0.475 e. The van der Waals surface area contributed by atoms with E-state index in [0.29, 0.717) is 24.9 Å². The van der Waals surface area contributed by atoms with Gasteiger partial charge in [0.2, 0.25) is 5.91 Å². The molecule has 5 rings (SSSR count). The summed E-state index contributed by atoms with van der Waals surface area (Å²) in [4.78, 5) is 29.5. The Kier molecular flexibility index (Phi) is 14.6. The van der Waals surface area contributed by atoms with Crippen molar-refractivity contribution >= 4 is 11.9 Å². The molecule has 2 N–H and O–H groups in total. The first-order chi connectivity index (χ1) is 22.6. The number of aliphatic carboxylic acids is 1. The van der Waals surface area contributed by atoms with Crippen LogP contribution in [-0.2, 0) is 22.7 Å². The maximum absolute atomic E-state index is 13.5. The van der Waals surface area contributed by atoms with Gasteiger partial charge in [0.15, 0.2) is 0 Å². The van der Waals surface area contributed by atoms with Crippen molar-refractivity contribution in [3.63, 3.8) is 0 Å². The number of benzene rings is 2. The zero-order valence-corrected chi connectivity index (χ0v) is 27.9. The number of carbonyl (C=O) groups excluding carboxylic acids is 1. The van der Waals surface area contributed by atoms with Crippen LogP contribution in [0, 0.1) is 5.92 Å². The minimum atomic E-state index is -5.08. The predicted molar refractivity (Wildman–Crippen MR) is 180 cm³/mol. The largest absolute Gasteiger partial charge is 0.490 e. The standard InChI is InChI=1S/C35H52N4O.C2HF3O2/c1-37-22-24-38(25-23-37)20-7-21-39(35(40)19-16-29-8-2-3-9-29)28-31-10-6-11-33(26-31)32-17-14-30(15-18-32)27-36-34-12-4-5-13-34;3-2(4,5)1(6)7/h6,10-11,14-15,17-18,26,29,34,36H,2-5,7-9,12-13,16,19-25,27-28H2,1H3;(H,6,7). The summed E-state index contributed by atoms with van der Waals surface area (Å²) in [6.07, 6.45) is 8.43. The van der Waals surface area contributed by atoms with Crippen LogP contribution in [0.3, 0.4) is 0 Å². The van der Waals surface area contributed by atoms with Crippen molar-refractivity contribution in [2.24, 2.45) is 5.92 Å². The van der Waals surface area contributed by atoms with E-state index in [-0.39, 0.29) is 0 Å². The highest BCUT2D eigenvalue weighted by atomic mass is 19.4. The van der Waals surface area contributed by atoms with Crippen LogP contribution in [0.4, 0.5) is 13.2 Å². The van der Waals surface area contributed by atoms with E-state index < -0.39 is 12.1 Å². The van der Waals surface area contributed by atoms with Gasteiger partial charge in [-0.3, -0.25) is 4.79 Å². The fraction of sp³-hybridized carbons (Fsp3) is 0.622. The molecule has 1 aliphatic heterocycles. The van der Waals surface area contributed by atoms with Crippen LogP contribution in [0.5, 0.6) is 0 Å². The lowest BCUT2D eigenvalue weighted by Gasteiger charge is -2.33. The van der Waals surface area contributed by atoms with Gasteiger partial charge in [0.25, 0.3) is 0 Å². The smallest absolute Gasteiger partial charge is 0.475 e. The molecule has 0 atom stereocenters. The van der Waals surface area contributed by atoms with Crippen molar-refractivity contribution in [3.05, 3.63) is 59.7 Å². The summed E-state index contributed by atoms with van der Waals surface area (Å²) in [5.74, 6) is -1.65. The zero-order valence-electron chi connectivity index (χ0n) is 27.9. The number of carbonyl (C=O) groups is 2. The van der Waals surface area contributed by atoms with E-state index in [9.17, 15) is 18.0 Å². The number of nitrogens with one attached hydrogen (secondary N) is 1. The number of halogens is 3. The van der Waals surface area contributed by atoms with Gasteiger partial charge in [-0.25, -0.2) is 4.79 Å². The second-order valence-corrected chi connectivity index (χ2v) is 13.6. The molecule has 2 aromatic rings. The molecule has 1 heterocycles. The van der Waals surface area contributed by atoms with Crippen LogP contribution in [0.2, 0.25) is 0 Å². The van der Waals surface area contributed by atoms with E-state index in [1.807, 2.05) is 0 Å². The van der Waals surface area contributed by atoms with Gasteiger partial charge in [-0.2, -0.15) is 13.2 Å². The van der Waals surface area contributed by atoms with Crippen LogP contribution >= 0.6 is 0 Å². The monoisotopic (exact) mass is 658 g/mol. The Morgan fingerprint density at radius 2 is 1.53 bits per heavy atom. The number of piperazine rings is 1. The maximum atomic E-state index is 13.5. The van der Waals surface area contributed by atoms with Gasteiger partial charge in [-0.05, 0) is 73.5 Å². The number of carboxylic acids is 1. The number of hydrogen-bond acceptors (Lipinski definition) is 5. The third-order valence-corrected chi connectivity index (χ3v) is 9.87. The van der Waals surface area contributed by atoms with Crippen molar-refractivity contribution in [1.82, 2.24) is 20.0 Å². The Morgan fingerprint density at radius 3 is 2.17 bits per heavy atom. The summed E-state index contributed by atoms with van der Waals surface area (Å²) >= 11 is 0. The SMILES string of the molecule is CN1CCN(CCCN(Cc2cccc(-c3ccc(CNC4CCCC4)cc3)c2)C(=O)CCC2CCCC2)CC1.O=C(O)C(F)(F)F. The normalized spacial score (nSPS) is 18.2. The molecule has 3 fully saturated rings. The molecule has 260 valence electrons. The molecule has 0 spiro atoms. The molecule has 0 radical (unpaired) electrons. The average molecular weight is 659 g/mol. The van der Waals surface area contributed by atoms with E-state index in [4.69, 9.17) is 9.90 Å². The van der Waals surface area contributed by atoms with Gasteiger partial charge >= 0.3 is 12.1 Å². The summed E-state index contributed by atoms with van der Waals surface area (Å²) in [6, 6.07) is 18.6. The quantitative estimate of drug-likeness (QED) is 0.243. The van der Waals surface area contributed by atoms with E-state index in [0.717, 1.165) is 64.6 Å². The lowest BCUT2D eigenvalue weighted by molar-refractivity contribution is -0.192. The van der Waals surface area contributed by atoms with E-state index in [1.165, 1.54) is 73.6 Å². The third kappa shape index (κ3) is 12.9. The van der Waals surface area contributed by atoms with Gasteiger partial charge in [0, 0.05) is 58.3 Å². The van der Waals surface area contributed by atoms with Crippen LogP contribution < -0.4 is 5.32 Å². The van der Waals surface area contributed by atoms with E-state index in [1.54, 1.807) is 0 Å².